The largest absolute Gasteiger partial charge is 0.423 e. The Labute approximate surface area is 210 Å². The number of aromatic amines is 1. The Bertz CT molecular complexity index is 1660. The quantitative estimate of drug-likeness (QED) is 0.336. The molecule has 5 heterocycles. The van der Waals surface area contributed by atoms with Gasteiger partial charge in [0.25, 0.3) is 5.91 Å². The number of rotatable bonds is 4. The van der Waals surface area contributed by atoms with E-state index in [0.717, 1.165) is 55.4 Å². The van der Waals surface area contributed by atoms with E-state index in [1.54, 1.807) is 19.3 Å². The van der Waals surface area contributed by atoms with Gasteiger partial charge < -0.3 is 31.0 Å². The summed E-state index contributed by atoms with van der Waals surface area (Å²) in [5, 5.41) is 7.52. The Hall–Kier alpha value is -3.99. The molecule has 5 N–H and O–H groups in total. The van der Waals surface area contributed by atoms with Crippen molar-refractivity contribution in [2.24, 2.45) is 11.1 Å². The number of anilines is 2. The first kappa shape index (κ1) is 21.1. The van der Waals surface area contributed by atoms with Crippen molar-refractivity contribution in [1.29, 1.82) is 0 Å². The highest BCUT2D eigenvalue weighted by Crippen LogP contribution is 2.51. The van der Waals surface area contributed by atoms with Crippen molar-refractivity contribution in [2.75, 3.05) is 30.4 Å². The number of nitrogens with one attached hydrogen (secondary N) is 3. The van der Waals surface area contributed by atoms with Crippen LogP contribution >= 0.6 is 0 Å². The van der Waals surface area contributed by atoms with Gasteiger partial charge in [-0.25, -0.2) is 4.39 Å². The third-order valence-corrected chi connectivity index (χ3v) is 8.68. The van der Waals surface area contributed by atoms with Crippen molar-refractivity contribution >= 4 is 39.3 Å². The first-order valence-electron chi connectivity index (χ1n) is 12.6. The summed E-state index contributed by atoms with van der Waals surface area (Å²) in [5.41, 5.74) is 9.36. The second-order valence-corrected chi connectivity index (χ2v) is 10.9. The maximum Gasteiger partial charge on any atom is 0.326 e. The number of H-pyrrole nitrogens is 1. The predicted octanol–water partition coefficient (Wildman–Crippen LogP) is 3.14. The minimum Gasteiger partial charge on any atom is -0.423 e. The van der Waals surface area contributed by atoms with Crippen LogP contribution in [0.4, 0.5) is 15.9 Å². The number of benzene rings is 1. The fourth-order valence-corrected chi connectivity index (χ4v) is 6.26. The van der Waals surface area contributed by atoms with Gasteiger partial charge in [0.2, 0.25) is 0 Å². The molecule has 3 aromatic heterocycles. The molecule has 2 aliphatic heterocycles. The first-order chi connectivity index (χ1) is 17.9. The molecule has 4 aliphatic rings. The van der Waals surface area contributed by atoms with E-state index >= 15 is 0 Å². The summed E-state index contributed by atoms with van der Waals surface area (Å²) >= 11 is 0. The molecular weight excluding hydrogens is 475 g/mol. The highest BCUT2D eigenvalue weighted by atomic mass is 19.1. The Balaban J connectivity index is 1.24. The number of aromatic nitrogens is 4. The van der Waals surface area contributed by atoms with Crippen LogP contribution in [0.1, 0.15) is 41.7 Å². The maximum absolute atomic E-state index is 14.5. The number of carbonyl (C=O) groups is 1. The van der Waals surface area contributed by atoms with Crippen LogP contribution in [0, 0.1) is 11.2 Å². The van der Waals surface area contributed by atoms with Gasteiger partial charge in [0.05, 0.1) is 39.6 Å². The molecule has 1 amide bonds. The molecule has 0 unspecified atom stereocenters. The Morgan fingerprint density at radius 3 is 2.76 bits per heavy atom. The lowest BCUT2D eigenvalue weighted by Crippen LogP contribution is -2.69. The number of amides is 1. The fourth-order valence-electron chi connectivity index (χ4n) is 6.26. The maximum atomic E-state index is 14.5. The Kier molecular flexibility index (Phi) is 3.91. The number of hydrogen-bond acceptors (Lipinski definition) is 8. The molecule has 0 bridgehead atoms. The normalized spacial score (nSPS) is 22.2. The highest BCUT2D eigenvalue weighted by Gasteiger charge is 2.54. The Morgan fingerprint density at radius 2 is 2.05 bits per heavy atom. The monoisotopic (exact) mass is 500 g/mol. The van der Waals surface area contributed by atoms with Crippen LogP contribution < -0.4 is 26.0 Å². The van der Waals surface area contributed by atoms with Crippen molar-refractivity contribution < 1.29 is 13.9 Å². The lowest BCUT2D eigenvalue weighted by Gasteiger charge is -2.60. The third-order valence-electron chi connectivity index (χ3n) is 8.68. The molecule has 11 heteroatoms. The fraction of sp³-hybridized carbons (Fsp3) is 0.385. The van der Waals surface area contributed by atoms with Gasteiger partial charge in [-0.15, -0.1) is 0 Å². The van der Waals surface area contributed by atoms with Gasteiger partial charge in [0.1, 0.15) is 23.0 Å². The molecule has 2 spiro atoms. The van der Waals surface area contributed by atoms with Crippen LogP contribution in [-0.4, -0.2) is 52.0 Å². The van der Waals surface area contributed by atoms with Crippen molar-refractivity contribution in [2.45, 2.75) is 37.3 Å². The summed E-state index contributed by atoms with van der Waals surface area (Å²) in [4.78, 5) is 32.0. The van der Waals surface area contributed by atoms with Gasteiger partial charge in [-0.1, -0.05) is 0 Å². The molecule has 188 valence electrons. The molecule has 2 saturated carbocycles. The smallest absolute Gasteiger partial charge is 0.326 e. The van der Waals surface area contributed by atoms with Crippen LogP contribution in [0.2, 0.25) is 0 Å². The average Bonchev–Trinajstić information content (AvgIpc) is 3.45. The number of nitrogens with zero attached hydrogens (tertiary/aromatic N) is 4. The molecular formula is C26H25FN8O2. The van der Waals surface area contributed by atoms with Crippen molar-refractivity contribution in [3.05, 3.63) is 41.5 Å². The minimum absolute atomic E-state index is 0.113. The Morgan fingerprint density at radius 1 is 1.22 bits per heavy atom. The van der Waals surface area contributed by atoms with E-state index in [2.05, 4.69) is 30.5 Å². The van der Waals surface area contributed by atoms with E-state index in [4.69, 9.17) is 15.5 Å². The molecule has 1 saturated heterocycles. The second kappa shape index (κ2) is 6.86. The predicted molar refractivity (Wildman–Crippen MR) is 135 cm³/mol. The number of hydrogen-bond donors (Lipinski definition) is 4. The van der Waals surface area contributed by atoms with E-state index in [9.17, 15) is 9.18 Å². The van der Waals surface area contributed by atoms with Crippen molar-refractivity contribution in [3.63, 3.8) is 0 Å². The summed E-state index contributed by atoms with van der Waals surface area (Å²) in [6.45, 7) is 1.56. The first-order valence-corrected chi connectivity index (χ1v) is 12.6. The van der Waals surface area contributed by atoms with Crippen LogP contribution in [0.15, 0.2) is 24.4 Å². The van der Waals surface area contributed by atoms with Crippen LogP contribution in [0.3, 0.4) is 0 Å². The SMILES string of the molecule is CNc1cc(F)cc2c1[nH]c1nc(Oc3cnc4c(c3)C(=O)NC43CC3)nc(N3CC4(CC[C@H]4N)C3)c12. The zero-order chi connectivity index (χ0) is 25.1. The number of nitrogens with two attached hydrogens (primary N) is 1. The summed E-state index contributed by atoms with van der Waals surface area (Å²) in [6, 6.07) is 4.96. The molecule has 4 aromatic rings. The zero-order valence-electron chi connectivity index (χ0n) is 20.2. The minimum atomic E-state index is -0.346. The van der Waals surface area contributed by atoms with Crippen LogP contribution in [0.25, 0.3) is 21.9 Å². The number of fused-ring (bicyclic) bond motifs is 5. The topological polar surface area (TPSA) is 134 Å². The average molecular weight is 501 g/mol. The molecule has 1 atom stereocenters. The zero-order valence-corrected chi connectivity index (χ0v) is 20.2. The number of ether oxygens (including phenoxy) is 1. The summed E-state index contributed by atoms with van der Waals surface area (Å²) in [5.74, 6) is 0.576. The summed E-state index contributed by atoms with van der Waals surface area (Å²) < 4.78 is 20.6. The summed E-state index contributed by atoms with van der Waals surface area (Å²) in [6.07, 6.45) is 5.54. The van der Waals surface area contributed by atoms with Crippen molar-refractivity contribution in [3.8, 4) is 11.8 Å². The highest BCUT2D eigenvalue weighted by molar-refractivity contribution is 6.14. The number of pyridine rings is 1. The van der Waals surface area contributed by atoms with Crippen molar-refractivity contribution in [1.82, 2.24) is 25.3 Å². The van der Waals surface area contributed by atoms with Crippen LogP contribution in [0.5, 0.6) is 11.8 Å². The van der Waals surface area contributed by atoms with Crippen LogP contribution in [-0.2, 0) is 5.54 Å². The van der Waals surface area contributed by atoms with E-state index in [1.165, 1.54) is 12.1 Å². The third kappa shape index (κ3) is 2.83. The molecule has 2 aliphatic carbocycles. The van der Waals surface area contributed by atoms with E-state index in [0.29, 0.717) is 33.9 Å². The number of carbonyl (C=O) groups excluding carboxylic acids is 1. The van der Waals surface area contributed by atoms with Gasteiger partial charge >= 0.3 is 6.01 Å². The lowest BCUT2D eigenvalue weighted by atomic mass is 9.60. The molecule has 1 aromatic carbocycles. The molecule has 3 fully saturated rings. The molecule has 8 rings (SSSR count). The van der Waals surface area contributed by atoms with Gasteiger partial charge in [-0.3, -0.25) is 9.78 Å². The van der Waals surface area contributed by atoms with E-state index in [-0.39, 0.29) is 34.7 Å². The van der Waals surface area contributed by atoms with Gasteiger partial charge in [-0.05, 0) is 43.9 Å². The van der Waals surface area contributed by atoms with Gasteiger partial charge in [-0.2, -0.15) is 9.97 Å². The molecule has 10 nitrogen and oxygen atoms in total. The molecule has 37 heavy (non-hydrogen) atoms. The summed E-state index contributed by atoms with van der Waals surface area (Å²) in [7, 11) is 1.75. The van der Waals surface area contributed by atoms with E-state index < -0.39 is 0 Å². The molecule has 0 radical (unpaired) electrons. The lowest BCUT2D eigenvalue weighted by molar-refractivity contribution is 0.0559. The number of halogens is 1. The second-order valence-electron chi connectivity index (χ2n) is 10.9. The van der Waals surface area contributed by atoms with Gasteiger partial charge in [0.15, 0.2) is 0 Å². The van der Waals surface area contributed by atoms with Gasteiger partial charge in [0, 0.05) is 37.0 Å². The standard InChI is InChI=1S/C26H25FN8O2/c1-29-16-7-12(27)6-14-18-21(31-19(14)16)32-24(33-22(18)35-10-25(11-35)3-2-17(25)28)37-13-8-15-20(30-9-13)26(4-5-26)34-23(15)36/h6-9,17,29H,2-5,10-11,28H2,1H3,(H,34,36)(H,31,32,33)/t17-/m1/s1. The van der Waals surface area contributed by atoms with E-state index in [1.807, 2.05) is 0 Å².